The van der Waals surface area contributed by atoms with Gasteiger partial charge >= 0.3 is 0 Å². The molecular formula is C21H28N2O3S2. The van der Waals surface area contributed by atoms with Crippen LogP contribution in [0.4, 0.5) is 0 Å². The molecule has 3 heterocycles. The van der Waals surface area contributed by atoms with E-state index >= 15 is 0 Å². The van der Waals surface area contributed by atoms with Gasteiger partial charge in [0.05, 0.1) is 11.5 Å². The van der Waals surface area contributed by atoms with Crippen LogP contribution in [0.2, 0.25) is 0 Å². The molecule has 2 aliphatic heterocycles. The average molecular weight is 421 g/mol. The lowest BCUT2D eigenvalue weighted by Gasteiger charge is -2.26. The molecule has 0 unspecified atom stereocenters. The first kappa shape index (κ1) is 19.9. The number of benzene rings is 1. The minimum Gasteiger partial charge on any atom is -0.484 e. The Kier molecular flexibility index (Phi) is 6.35. The summed E-state index contributed by atoms with van der Waals surface area (Å²) in [4.78, 5) is 4.00. The topological polar surface area (TPSA) is 49.9 Å². The summed E-state index contributed by atoms with van der Waals surface area (Å²) in [6, 6.07) is 10.8. The highest BCUT2D eigenvalue weighted by molar-refractivity contribution is 7.89. The first-order valence-corrected chi connectivity index (χ1v) is 12.4. The largest absolute Gasteiger partial charge is 0.484 e. The number of piperidine rings is 1. The second-order valence-electron chi connectivity index (χ2n) is 7.52. The number of fused-ring (bicyclic) bond motifs is 1. The summed E-state index contributed by atoms with van der Waals surface area (Å²) >= 11 is 1.59. The van der Waals surface area contributed by atoms with Crippen LogP contribution >= 0.6 is 11.3 Å². The van der Waals surface area contributed by atoms with Gasteiger partial charge in [0, 0.05) is 24.5 Å². The molecule has 0 amide bonds. The highest BCUT2D eigenvalue weighted by Gasteiger charge is 2.29. The van der Waals surface area contributed by atoms with Gasteiger partial charge in [-0.05, 0) is 62.5 Å². The Labute approximate surface area is 172 Å². The van der Waals surface area contributed by atoms with Crippen LogP contribution in [-0.2, 0) is 23.0 Å². The third-order valence-electron chi connectivity index (χ3n) is 5.52. The number of thiophene rings is 1. The van der Waals surface area contributed by atoms with E-state index in [4.69, 9.17) is 4.74 Å². The van der Waals surface area contributed by atoms with Crippen LogP contribution < -0.4 is 4.74 Å². The Bertz CT molecular complexity index is 874. The highest BCUT2D eigenvalue weighted by atomic mass is 32.2. The summed E-state index contributed by atoms with van der Waals surface area (Å²) < 4.78 is 33.3. The van der Waals surface area contributed by atoms with E-state index in [2.05, 4.69) is 11.0 Å². The standard InChI is InChI=1S/C21H28N2O3S2/c24-28(25,19-8-3-1-4-9-19)23-14-10-18-16-21(27-20(18)17-23)26-15-7-13-22-11-5-2-6-12-22/h1,3-4,8-9,16H,2,5-7,10-15,17H2. The van der Waals surface area contributed by atoms with E-state index in [1.807, 2.05) is 6.07 Å². The molecule has 2 aromatic rings. The molecule has 28 heavy (non-hydrogen) atoms. The molecule has 0 spiro atoms. The lowest BCUT2D eigenvalue weighted by atomic mass is 10.1. The fourth-order valence-corrected chi connectivity index (χ4v) is 6.54. The van der Waals surface area contributed by atoms with Gasteiger partial charge in [0.15, 0.2) is 5.06 Å². The monoisotopic (exact) mass is 420 g/mol. The molecule has 0 atom stereocenters. The van der Waals surface area contributed by atoms with Gasteiger partial charge in [-0.3, -0.25) is 0 Å². The summed E-state index contributed by atoms with van der Waals surface area (Å²) in [5, 5.41) is 0.919. The summed E-state index contributed by atoms with van der Waals surface area (Å²) in [5.41, 5.74) is 1.23. The first-order chi connectivity index (χ1) is 13.6. The maximum atomic E-state index is 12.9. The van der Waals surface area contributed by atoms with Gasteiger partial charge in [0.1, 0.15) is 0 Å². The number of hydrogen-bond acceptors (Lipinski definition) is 5. The minimum absolute atomic E-state index is 0.365. The van der Waals surface area contributed by atoms with Crippen molar-refractivity contribution in [3.63, 3.8) is 0 Å². The number of nitrogens with zero attached hydrogens (tertiary/aromatic N) is 2. The van der Waals surface area contributed by atoms with E-state index in [0.717, 1.165) is 35.9 Å². The van der Waals surface area contributed by atoms with Crippen molar-refractivity contribution >= 4 is 21.4 Å². The molecule has 1 aromatic heterocycles. The molecule has 5 nitrogen and oxygen atoms in total. The molecule has 1 fully saturated rings. The van der Waals surface area contributed by atoms with Gasteiger partial charge in [-0.15, -0.1) is 11.3 Å². The Morgan fingerprint density at radius 3 is 2.61 bits per heavy atom. The van der Waals surface area contributed by atoms with E-state index in [-0.39, 0.29) is 0 Å². The Hall–Kier alpha value is -1.41. The van der Waals surface area contributed by atoms with Crippen molar-refractivity contribution in [3.05, 3.63) is 46.8 Å². The maximum absolute atomic E-state index is 12.9. The normalized spacial score (nSPS) is 18.7. The highest BCUT2D eigenvalue weighted by Crippen LogP contribution is 2.35. The zero-order chi connectivity index (χ0) is 19.4. The summed E-state index contributed by atoms with van der Waals surface area (Å²) in [7, 11) is -3.44. The minimum atomic E-state index is -3.44. The number of rotatable bonds is 7. The molecule has 152 valence electrons. The summed E-state index contributed by atoms with van der Waals surface area (Å²) in [5.74, 6) is 0. The predicted molar refractivity (Wildman–Crippen MR) is 112 cm³/mol. The van der Waals surface area contributed by atoms with Crippen molar-refractivity contribution in [2.24, 2.45) is 0 Å². The average Bonchev–Trinajstić information content (AvgIpc) is 3.15. The molecule has 0 radical (unpaired) electrons. The molecular weight excluding hydrogens is 392 g/mol. The van der Waals surface area contributed by atoms with Crippen LogP contribution in [0.1, 0.15) is 36.1 Å². The quantitative estimate of drug-likeness (QED) is 0.640. The Balaban J connectivity index is 1.32. The summed E-state index contributed by atoms with van der Waals surface area (Å²) in [6.45, 7) is 5.23. The number of ether oxygens (including phenoxy) is 1. The van der Waals surface area contributed by atoms with Gasteiger partial charge in [0.2, 0.25) is 10.0 Å². The van der Waals surface area contributed by atoms with E-state index in [0.29, 0.717) is 18.0 Å². The van der Waals surface area contributed by atoms with Crippen molar-refractivity contribution in [1.29, 1.82) is 0 Å². The van der Waals surface area contributed by atoms with Crippen molar-refractivity contribution in [1.82, 2.24) is 9.21 Å². The molecule has 0 N–H and O–H groups in total. The van der Waals surface area contributed by atoms with Gasteiger partial charge < -0.3 is 9.64 Å². The van der Waals surface area contributed by atoms with Gasteiger partial charge in [0.25, 0.3) is 0 Å². The van der Waals surface area contributed by atoms with Crippen molar-refractivity contribution in [3.8, 4) is 5.06 Å². The van der Waals surface area contributed by atoms with E-state index < -0.39 is 10.0 Å². The third-order valence-corrected chi connectivity index (χ3v) is 8.45. The van der Waals surface area contributed by atoms with Gasteiger partial charge in [-0.2, -0.15) is 4.31 Å². The molecule has 4 rings (SSSR count). The van der Waals surface area contributed by atoms with Crippen molar-refractivity contribution in [2.45, 2.75) is 43.5 Å². The van der Waals surface area contributed by atoms with Crippen molar-refractivity contribution < 1.29 is 13.2 Å². The second-order valence-corrected chi connectivity index (χ2v) is 10.6. The van der Waals surface area contributed by atoms with Gasteiger partial charge in [-0.1, -0.05) is 24.6 Å². The third kappa shape index (κ3) is 4.59. The van der Waals surface area contributed by atoms with Crippen molar-refractivity contribution in [2.75, 3.05) is 32.8 Å². The number of hydrogen-bond donors (Lipinski definition) is 0. The molecule has 0 bridgehead atoms. The van der Waals surface area contributed by atoms with Gasteiger partial charge in [-0.25, -0.2) is 8.42 Å². The van der Waals surface area contributed by atoms with Crippen LogP contribution in [0.25, 0.3) is 0 Å². The molecule has 0 aliphatic carbocycles. The van der Waals surface area contributed by atoms with E-state index in [9.17, 15) is 8.42 Å². The lowest BCUT2D eigenvalue weighted by molar-refractivity contribution is 0.206. The molecule has 1 aromatic carbocycles. The van der Waals surface area contributed by atoms with E-state index in [1.54, 1.807) is 39.9 Å². The summed E-state index contributed by atoms with van der Waals surface area (Å²) in [6.07, 6.45) is 5.79. The second kappa shape index (κ2) is 8.95. The number of likely N-dealkylation sites (tertiary alicyclic amines) is 1. The van der Waals surface area contributed by atoms with Crippen LogP contribution in [0.15, 0.2) is 41.3 Å². The molecule has 7 heteroatoms. The predicted octanol–water partition coefficient (Wildman–Crippen LogP) is 3.75. The zero-order valence-electron chi connectivity index (χ0n) is 16.2. The van der Waals surface area contributed by atoms with Crippen LogP contribution in [0.3, 0.4) is 0 Å². The lowest BCUT2D eigenvalue weighted by Crippen LogP contribution is -2.35. The smallest absolute Gasteiger partial charge is 0.243 e. The first-order valence-electron chi connectivity index (χ1n) is 10.1. The molecule has 0 saturated carbocycles. The maximum Gasteiger partial charge on any atom is 0.243 e. The zero-order valence-corrected chi connectivity index (χ0v) is 17.8. The van der Waals surface area contributed by atoms with E-state index in [1.165, 1.54) is 37.9 Å². The number of sulfonamides is 1. The Morgan fingerprint density at radius 1 is 1.04 bits per heavy atom. The SMILES string of the molecule is O=S(=O)(c1ccccc1)N1CCc2cc(OCCCN3CCCCC3)sc2C1. The Morgan fingerprint density at radius 2 is 1.82 bits per heavy atom. The fourth-order valence-electron chi connectivity index (χ4n) is 3.93. The van der Waals surface area contributed by atoms with Crippen LogP contribution in [0, 0.1) is 0 Å². The van der Waals surface area contributed by atoms with Crippen LogP contribution in [-0.4, -0.2) is 50.4 Å². The van der Waals surface area contributed by atoms with Crippen LogP contribution in [0.5, 0.6) is 5.06 Å². The molecule has 2 aliphatic rings. The molecule has 1 saturated heterocycles. The fraction of sp³-hybridized carbons (Fsp3) is 0.524.